The molecule has 0 radical (unpaired) electrons. The molecule has 2 unspecified atom stereocenters. The van der Waals surface area contributed by atoms with Crippen molar-refractivity contribution in [3.8, 4) is 0 Å². The van der Waals surface area contributed by atoms with Crippen molar-refractivity contribution < 1.29 is 24.5 Å². The highest BCUT2D eigenvalue weighted by Gasteiger charge is 2.20. The summed E-state index contributed by atoms with van der Waals surface area (Å²) in [5.74, 6) is -0.122. The predicted octanol–water partition coefficient (Wildman–Crippen LogP) is 18.5. The van der Waals surface area contributed by atoms with Crippen molar-refractivity contribution >= 4 is 11.9 Å². The summed E-state index contributed by atoms with van der Waals surface area (Å²) in [6.07, 6.45) is 66.5. The summed E-state index contributed by atoms with van der Waals surface area (Å²) in [6.45, 7) is 4.90. The van der Waals surface area contributed by atoms with Gasteiger partial charge in [0.05, 0.1) is 25.4 Å². The third-order valence-corrected chi connectivity index (χ3v) is 14.1. The molecule has 392 valence electrons. The lowest BCUT2D eigenvalue weighted by Gasteiger charge is -2.22. The Balaban J connectivity index is 3.49. The largest absolute Gasteiger partial charge is 0.466 e. The van der Waals surface area contributed by atoms with Crippen LogP contribution in [0.5, 0.6) is 0 Å². The lowest BCUT2D eigenvalue weighted by Crippen LogP contribution is -2.45. The van der Waals surface area contributed by atoms with Crippen LogP contribution in [-0.2, 0) is 14.3 Å². The molecule has 0 saturated heterocycles. The molecule has 0 aliphatic rings. The fraction of sp³-hybridized carbons (Fsp3) is 0.933. The molecule has 0 aromatic carbocycles. The van der Waals surface area contributed by atoms with Gasteiger partial charge in [-0.05, 0) is 44.9 Å². The minimum atomic E-state index is -0.695. The molecule has 0 heterocycles. The number of nitrogens with one attached hydrogen (secondary N) is 1. The van der Waals surface area contributed by atoms with E-state index in [1.54, 1.807) is 0 Å². The smallest absolute Gasteiger partial charge is 0.305 e. The highest BCUT2D eigenvalue weighted by Crippen LogP contribution is 2.18. The molecule has 6 nitrogen and oxygen atoms in total. The van der Waals surface area contributed by atoms with Crippen LogP contribution >= 0.6 is 0 Å². The van der Waals surface area contributed by atoms with Gasteiger partial charge in [0.15, 0.2) is 0 Å². The zero-order chi connectivity index (χ0) is 47.9. The number of rotatable bonds is 56. The van der Waals surface area contributed by atoms with Crippen molar-refractivity contribution in [2.45, 2.75) is 347 Å². The van der Waals surface area contributed by atoms with Crippen LogP contribution in [0, 0.1) is 0 Å². The van der Waals surface area contributed by atoms with Gasteiger partial charge in [-0.15, -0.1) is 0 Å². The molecular weight excluding hydrogens is 815 g/mol. The van der Waals surface area contributed by atoms with Crippen LogP contribution in [-0.4, -0.2) is 47.4 Å². The zero-order valence-electron chi connectivity index (χ0n) is 44.7. The van der Waals surface area contributed by atoms with Crippen LogP contribution in [0.1, 0.15) is 335 Å². The maximum atomic E-state index is 12.5. The molecule has 0 rings (SSSR count). The normalized spacial score (nSPS) is 12.6. The first kappa shape index (κ1) is 64.6. The van der Waals surface area contributed by atoms with Gasteiger partial charge in [-0.2, -0.15) is 0 Å². The van der Waals surface area contributed by atoms with Gasteiger partial charge in [0, 0.05) is 12.8 Å². The van der Waals surface area contributed by atoms with Crippen LogP contribution in [0.25, 0.3) is 0 Å². The monoisotopic (exact) mass is 932 g/mol. The first-order valence-corrected chi connectivity index (χ1v) is 29.9. The fourth-order valence-corrected chi connectivity index (χ4v) is 9.47. The molecule has 0 aromatic rings. The Morgan fingerprint density at radius 1 is 0.409 bits per heavy atom. The minimum absolute atomic E-state index is 0.0308. The molecule has 1 amide bonds. The van der Waals surface area contributed by atoms with Crippen molar-refractivity contribution in [3.63, 3.8) is 0 Å². The quantitative estimate of drug-likeness (QED) is 0.0321. The first-order chi connectivity index (χ1) is 32.5. The average molecular weight is 933 g/mol. The van der Waals surface area contributed by atoms with Gasteiger partial charge < -0.3 is 20.3 Å². The Labute approximate surface area is 412 Å². The molecule has 2 atom stereocenters. The molecule has 0 spiro atoms. The molecular formula is C60H117NO5. The molecule has 0 aliphatic carbocycles. The van der Waals surface area contributed by atoms with E-state index in [9.17, 15) is 19.8 Å². The third-order valence-electron chi connectivity index (χ3n) is 14.1. The van der Waals surface area contributed by atoms with Gasteiger partial charge >= 0.3 is 5.97 Å². The highest BCUT2D eigenvalue weighted by atomic mass is 16.5. The van der Waals surface area contributed by atoms with Crippen molar-refractivity contribution in [1.82, 2.24) is 5.32 Å². The Morgan fingerprint density at radius 3 is 1.11 bits per heavy atom. The van der Waals surface area contributed by atoms with Crippen LogP contribution in [0.15, 0.2) is 12.2 Å². The van der Waals surface area contributed by atoms with Gasteiger partial charge in [-0.3, -0.25) is 9.59 Å². The number of amides is 1. The van der Waals surface area contributed by atoms with Crippen molar-refractivity contribution in [2.24, 2.45) is 0 Å². The number of hydrogen-bond acceptors (Lipinski definition) is 5. The second kappa shape index (κ2) is 56.2. The number of unbranched alkanes of at least 4 members (excludes halogenated alkanes) is 43. The number of esters is 1. The Bertz CT molecular complexity index is 986. The maximum Gasteiger partial charge on any atom is 0.305 e. The summed E-state index contributed by atoms with van der Waals surface area (Å²) in [6, 6.07) is -0.579. The third kappa shape index (κ3) is 52.0. The van der Waals surface area contributed by atoms with E-state index in [1.807, 2.05) is 0 Å². The van der Waals surface area contributed by atoms with E-state index in [0.717, 1.165) is 70.6 Å². The van der Waals surface area contributed by atoms with Gasteiger partial charge in [0.25, 0.3) is 0 Å². The zero-order valence-corrected chi connectivity index (χ0v) is 44.7. The fourth-order valence-electron chi connectivity index (χ4n) is 9.47. The van der Waals surface area contributed by atoms with E-state index in [1.165, 1.54) is 231 Å². The molecule has 0 aliphatic heterocycles. The first-order valence-electron chi connectivity index (χ1n) is 29.9. The number of aliphatic hydroxyl groups is 2. The minimum Gasteiger partial charge on any atom is -0.466 e. The maximum absolute atomic E-state index is 12.5. The second-order valence-electron chi connectivity index (χ2n) is 20.7. The van der Waals surface area contributed by atoms with Gasteiger partial charge in [-0.25, -0.2) is 0 Å². The number of carbonyl (C=O) groups is 2. The topological polar surface area (TPSA) is 95.9 Å². The Kier molecular flexibility index (Phi) is 55.0. The van der Waals surface area contributed by atoms with Crippen LogP contribution in [0.3, 0.4) is 0 Å². The van der Waals surface area contributed by atoms with E-state index in [2.05, 4.69) is 31.3 Å². The molecule has 0 saturated carbocycles. The molecule has 6 heteroatoms. The SMILES string of the molecule is CCCCCCCCCCCCCCCCCCCCCCCCCCC(O)C(CO)NC(=O)CCC/C=C\CCCCCCOC(=O)CCCCCCCCCCCCCCCCCC. The standard InChI is InChI=1S/C60H117NO5/c1-3-5-7-9-11-13-15-17-19-21-22-23-24-25-26-27-28-29-31-33-36-40-44-48-52-58(63)57(56-62)61-59(64)53-49-45-41-37-35-39-43-47-51-55-66-60(65)54-50-46-42-38-34-32-30-20-18-16-14-12-10-8-6-4-2/h37,41,57-58,62-63H,3-36,38-40,42-56H2,1-2H3,(H,61,64)/b41-37-. The van der Waals surface area contributed by atoms with Crippen LogP contribution in [0.2, 0.25) is 0 Å². The number of carbonyl (C=O) groups excluding carboxylic acids is 2. The van der Waals surface area contributed by atoms with Gasteiger partial charge in [0.1, 0.15) is 0 Å². The molecule has 66 heavy (non-hydrogen) atoms. The Hall–Kier alpha value is -1.40. The highest BCUT2D eigenvalue weighted by molar-refractivity contribution is 5.76. The number of aliphatic hydroxyl groups excluding tert-OH is 2. The lowest BCUT2D eigenvalue weighted by atomic mass is 10.0. The van der Waals surface area contributed by atoms with E-state index in [4.69, 9.17) is 4.74 Å². The summed E-state index contributed by atoms with van der Waals surface area (Å²) in [4.78, 5) is 24.6. The van der Waals surface area contributed by atoms with Crippen molar-refractivity contribution in [3.05, 3.63) is 12.2 Å². The molecule has 0 aromatic heterocycles. The van der Waals surface area contributed by atoms with Gasteiger partial charge in [-0.1, -0.05) is 289 Å². The number of allylic oxidation sites excluding steroid dienone is 2. The van der Waals surface area contributed by atoms with Gasteiger partial charge in [0.2, 0.25) is 5.91 Å². The summed E-state index contributed by atoms with van der Waals surface area (Å²) in [5, 5.41) is 23.3. The summed E-state index contributed by atoms with van der Waals surface area (Å²) in [5.41, 5.74) is 0. The molecule has 0 bridgehead atoms. The summed E-state index contributed by atoms with van der Waals surface area (Å²) in [7, 11) is 0. The lowest BCUT2D eigenvalue weighted by molar-refractivity contribution is -0.143. The second-order valence-corrected chi connectivity index (χ2v) is 20.7. The van der Waals surface area contributed by atoms with Crippen molar-refractivity contribution in [1.29, 1.82) is 0 Å². The number of ether oxygens (including phenoxy) is 1. The predicted molar refractivity (Wildman–Crippen MR) is 287 cm³/mol. The van der Waals surface area contributed by atoms with Crippen LogP contribution in [0.4, 0.5) is 0 Å². The molecule has 3 N–H and O–H groups in total. The van der Waals surface area contributed by atoms with Crippen LogP contribution < -0.4 is 5.32 Å². The van der Waals surface area contributed by atoms with E-state index in [-0.39, 0.29) is 18.5 Å². The van der Waals surface area contributed by atoms with Crippen molar-refractivity contribution in [2.75, 3.05) is 13.2 Å². The van der Waals surface area contributed by atoms with E-state index >= 15 is 0 Å². The summed E-state index contributed by atoms with van der Waals surface area (Å²) >= 11 is 0. The average Bonchev–Trinajstić information content (AvgIpc) is 3.32. The van der Waals surface area contributed by atoms with E-state index in [0.29, 0.717) is 25.9 Å². The molecule has 0 fully saturated rings. The van der Waals surface area contributed by atoms with E-state index < -0.39 is 12.1 Å². The Morgan fingerprint density at radius 2 is 0.727 bits per heavy atom. The summed E-state index contributed by atoms with van der Waals surface area (Å²) < 4.78 is 5.46. The number of hydrogen-bond donors (Lipinski definition) is 3.